The Hall–Kier alpha value is -1.79. The lowest BCUT2D eigenvalue weighted by molar-refractivity contribution is 0.191. The Kier molecular flexibility index (Phi) is 2.81. The molecular weight excluding hydrogens is 237 g/mol. The summed E-state index contributed by atoms with van der Waals surface area (Å²) in [5.41, 5.74) is 0.699. The van der Waals surface area contributed by atoms with Crippen molar-refractivity contribution >= 4 is 0 Å². The monoisotopic (exact) mass is 249 g/mol. The molecule has 2 heterocycles. The van der Waals surface area contributed by atoms with Crippen molar-refractivity contribution in [2.75, 3.05) is 6.54 Å². The number of benzene rings is 1. The zero-order valence-electron chi connectivity index (χ0n) is 9.51. The van der Waals surface area contributed by atoms with Crippen LogP contribution in [0.25, 0.3) is 11.4 Å². The van der Waals surface area contributed by atoms with E-state index >= 15 is 0 Å². The molecule has 1 aliphatic rings. The van der Waals surface area contributed by atoms with Crippen molar-refractivity contribution in [3.63, 3.8) is 0 Å². The molecule has 6 heteroatoms. The highest BCUT2D eigenvalue weighted by Crippen LogP contribution is 2.24. The molecule has 1 fully saturated rings. The molecule has 0 saturated carbocycles. The Morgan fingerprint density at radius 3 is 2.78 bits per heavy atom. The van der Waals surface area contributed by atoms with Gasteiger partial charge in [0.1, 0.15) is 5.82 Å². The molecule has 0 spiro atoms. The molecule has 0 aliphatic carbocycles. The molecule has 1 saturated heterocycles. The van der Waals surface area contributed by atoms with Crippen LogP contribution in [0.2, 0.25) is 0 Å². The largest absolute Gasteiger partial charge is 0.392 e. The molecule has 2 atom stereocenters. The third kappa shape index (κ3) is 2.12. The maximum absolute atomic E-state index is 12.8. The molecule has 18 heavy (non-hydrogen) atoms. The molecule has 5 nitrogen and oxygen atoms in total. The van der Waals surface area contributed by atoms with E-state index in [-0.39, 0.29) is 18.0 Å². The Bertz CT molecular complexity index is 541. The van der Waals surface area contributed by atoms with E-state index in [0.29, 0.717) is 30.2 Å². The second-order valence-electron chi connectivity index (χ2n) is 4.31. The number of hydrogen-bond acceptors (Lipinski definition) is 5. The van der Waals surface area contributed by atoms with Crippen LogP contribution in [0, 0.1) is 5.82 Å². The predicted molar refractivity (Wildman–Crippen MR) is 61.1 cm³/mol. The normalized spacial score (nSPS) is 23.4. The van der Waals surface area contributed by atoms with Crippen LogP contribution in [0.15, 0.2) is 28.8 Å². The number of aromatic nitrogens is 2. The summed E-state index contributed by atoms with van der Waals surface area (Å²) in [6.45, 7) is 0.527. The number of aliphatic hydroxyl groups is 1. The molecule has 94 valence electrons. The second kappa shape index (κ2) is 4.47. The van der Waals surface area contributed by atoms with Crippen LogP contribution >= 0.6 is 0 Å². The first kappa shape index (κ1) is 11.3. The number of nitrogens with zero attached hydrogens (tertiary/aromatic N) is 2. The predicted octanol–water partition coefficient (Wildman–Crippen LogP) is 1.27. The molecule has 1 aromatic heterocycles. The minimum absolute atomic E-state index is 0.110. The number of hydrogen-bond donors (Lipinski definition) is 2. The first-order valence-corrected chi connectivity index (χ1v) is 5.73. The van der Waals surface area contributed by atoms with Gasteiger partial charge < -0.3 is 14.9 Å². The van der Waals surface area contributed by atoms with Crippen LogP contribution in [0.3, 0.4) is 0 Å². The highest BCUT2D eigenvalue weighted by molar-refractivity contribution is 5.53. The smallest absolute Gasteiger partial charge is 0.244 e. The van der Waals surface area contributed by atoms with Crippen molar-refractivity contribution in [2.24, 2.45) is 0 Å². The van der Waals surface area contributed by atoms with Gasteiger partial charge in [-0.05, 0) is 30.7 Å². The fourth-order valence-electron chi connectivity index (χ4n) is 2.00. The van der Waals surface area contributed by atoms with E-state index in [4.69, 9.17) is 4.52 Å². The minimum Gasteiger partial charge on any atom is -0.392 e. The van der Waals surface area contributed by atoms with E-state index in [9.17, 15) is 9.50 Å². The maximum Gasteiger partial charge on any atom is 0.244 e. The Morgan fingerprint density at radius 1 is 1.33 bits per heavy atom. The highest BCUT2D eigenvalue weighted by Gasteiger charge is 2.28. The number of β-amino-alcohol motifs (C(OH)–C–C–N with tert-alkyl or cyclic N) is 1. The number of halogens is 1. The molecule has 1 aliphatic heterocycles. The van der Waals surface area contributed by atoms with Gasteiger partial charge in [-0.25, -0.2) is 4.39 Å². The van der Waals surface area contributed by atoms with Gasteiger partial charge in [0.15, 0.2) is 0 Å². The van der Waals surface area contributed by atoms with E-state index in [1.54, 1.807) is 12.1 Å². The Morgan fingerprint density at radius 2 is 2.11 bits per heavy atom. The first-order valence-electron chi connectivity index (χ1n) is 5.73. The molecule has 2 N–H and O–H groups in total. The van der Waals surface area contributed by atoms with Gasteiger partial charge in [-0.2, -0.15) is 4.98 Å². The van der Waals surface area contributed by atoms with E-state index in [0.717, 1.165) is 0 Å². The summed E-state index contributed by atoms with van der Waals surface area (Å²) in [6.07, 6.45) is 0.182. The first-order chi connectivity index (χ1) is 8.72. The summed E-state index contributed by atoms with van der Waals surface area (Å²) in [6, 6.07) is 5.79. The highest BCUT2D eigenvalue weighted by atomic mass is 19.1. The van der Waals surface area contributed by atoms with Gasteiger partial charge >= 0.3 is 0 Å². The van der Waals surface area contributed by atoms with Crippen LogP contribution in [-0.2, 0) is 0 Å². The fourth-order valence-corrected chi connectivity index (χ4v) is 2.00. The number of aliphatic hydroxyl groups excluding tert-OH is 1. The maximum atomic E-state index is 12.8. The summed E-state index contributed by atoms with van der Waals surface area (Å²) in [5, 5.41) is 16.4. The van der Waals surface area contributed by atoms with E-state index in [1.807, 2.05) is 0 Å². The van der Waals surface area contributed by atoms with E-state index in [2.05, 4.69) is 15.5 Å². The summed E-state index contributed by atoms with van der Waals surface area (Å²) >= 11 is 0. The molecule has 1 aromatic carbocycles. The summed E-state index contributed by atoms with van der Waals surface area (Å²) < 4.78 is 17.9. The second-order valence-corrected chi connectivity index (χ2v) is 4.31. The molecular formula is C12H12FN3O2. The van der Waals surface area contributed by atoms with Gasteiger partial charge in [0.05, 0.1) is 12.1 Å². The zero-order valence-corrected chi connectivity index (χ0v) is 9.51. The van der Waals surface area contributed by atoms with E-state index < -0.39 is 0 Å². The number of rotatable bonds is 2. The summed E-state index contributed by atoms with van der Waals surface area (Å²) in [4.78, 5) is 4.25. The van der Waals surface area contributed by atoms with Gasteiger partial charge in [-0.1, -0.05) is 5.16 Å². The van der Waals surface area contributed by atoms with Crippen molar-refractivity contribution in [2.45, 2.75) is 18.6 Å². The van der Waals surface area contributed by atoms with Gasteiger partial charge in [0.25, 0.3) is 0 Å². The van der Waals surface area contributed by atoms with Crippen molar-refractivity contribution in [1.29, 1.82) is 0 Å². The quantitative estimate of drug-likeness (QED) is 0.838. The van der Waals surface area contributed by atoms with Crippen LogP contribution in [0.1, 0.15) is 18.4 Å². The molecule has 0 bridgehead atoms. The average Bonchev–Trinajstić information content (AvgIpc) is 2.98. The standard InChI is InChI=1S/C12H12FN3O2/c13-8-3-1-7(2-4-8)11-15-12(18-16-11)10-5-9(17)6-14-10/h1-4,9-10,14,17H,5-6H2. The number of nitrogens with one attached hydrogen (secondary N) is 1. The van der Waals surface area contributed by atoms with Crippen molar-refractivity contribution in [3.8, 4) is 11.4 Å². The van der Waals surface area contributed by atoms with Crippen LogP contribution in [0.4, 0.5) is 4.39 Å². The third-order valence-electron chi connectivity index (χ3n) is 2.95. The van der Waals surface area contributed by atoms with Crippen molar-refractivity contribution in [3.05, 3.63) is 36.0 Å². The Labute approximate surface area is 103 Å². The lowest BCUT2D eigenvalue weighted by Gasteiger charge is -2.01. The van der Waals surface area contributed by atoms with Gasteiger partial charge in [0.2, 0.25) is 11.7 Å². The topological polar surface area (TPSA) is 71.2 Å². The summed E-state index contributed by atoms with van der Waals surface area (Å²) in [7, 11) is 0. The third-order valence-corrected chi connectivity index (χ3v) is 2.95. The van der Waals surface area contributed by atoms with Crippen LogP contribution in [-0.4, -0.2) is 27.9 Å². The molecule has 0 amide bonds. The van der Waals surface area contributed by atoms with Gasteiger partial charge in [-0.15, -0.1) is 0 Å². The molecule has 2 aromatic rings. The van der Waals surface area contributed by atoms with Crippen molar-refractivity contribution in [1.82, 2.24) is 15.5 Å². The lowest BCUT2D eigenvalue weighted by atomic mass is 10.2. The van der Waals surface area contributed by atoms with Gasteiger partial charge in [0, 0.05) is 12.1 Å². The zero-order chi connectivity index (χ0) is 12.5. The Balaban J connectivity index is 1.83. The van der Waals surface area contributed by atoms with Gasteiger partial charge in [-0.3, -0.25) is 0 Å². The van der Waals surface area contributed by atoms with Crippen molar-refractivity contribution < 1.29 is 14.0 Å². The van der Waals surface area contributed by atoms with Crippen LogP contribution in [0.5, 0.6) is 0 Å². The SMILES string of the molecule is OC1CNC(c2nc(-c3ccc(F)cc3)no2)C1. The lowest BCUT2D eigenvalue weighted by Crippen LogP contribution is -2.15. The minimum atomic E-state index is -0.379. The molecule has 3 rings (SSSR count). The van der Waals surface area contributed by atoms with Crippen LogP contribution < -0.4 is 5.32 Å². The van der Waals surface area contributed by atoms with E-state index in [1.165, 1.54) is 12.1 Å². The molecule has 0 radical (unpaired) electrons. The summed E-state index contributed by atoms with van der Waals surface area (Å²) in [5.74, 6) is 0.571. The molecule has 2 unspecified atom stereocenters. The average molecular weight is 249 g/mol. The fraction of sp³-hybridized carbons (Fsp3) is 0.333.